The molecule has 0 amide bonds. The van der Waals surface area contributed by atoms with E-state index in [4.69, 9.17) is 16.3 Å². The lowest BCUT2D eigenvalue weighted by molar-refractivity contribution is -0.230. The topological polar surface area (TPSA) is 60.4 Å². The van der Waals surface area contributed by atoms with Gasteiger partial charge in [0, 0.05) is 29.6 Å². The van der Waals surface area contributed by atoms with E-state index in [1.165, 1.54) is 0 Å². The second-order valence-electron chi connectivity index (χ2n) is 9.06. The van der Waals surface area contributed by atoms with Gasteiger partial charge in [-0.1, -0.05) is 11.6 Å². The predicted octanol–water partition coefficient (Wildman–Crippen LogP) is 4.55. The molecular weight excluding hydrogens is 429 g/mol. The van der Waals surface area contributed by atoms with Crippen molar-refractivity contribution in [2.24, 2.45) is 23.2 Å². The Labute approximate surface area is 172 Å². The molecule has 4 nitrogen and oxygen atoms in total. The molecule has 29 heavy (non-hydrogen) atoms. The van der Waals surface area contributed by atoms with Gasteiger partial charge in [0.15, 0.2) is 15.6 Å². The standard InChI is InChI=1S/C20H22ClF3O4S/c1-29(26,27)9-17(25)14-4-15(21)18(5-16(14)22)28-10-19-6-11-2-12(7-19)20(23,24)13(3-11)8-19/h4-5,11-13H,2-3,6-10H2,1H3. The highest BCUT2D eigenvalue weighted by atomic mass is 35.5. The van der Waals surface area contributed by atoms with Crippen molar-refractivity contribution in [2.75, 3.05) is 18.6 Å². The van der Waals surface area contributed by atoms with Gasteiger partial charge in [-0.25, -0.2) is 21.6 Å². The van der Waals surface area contributed by atoms with E-state index in [1.54, 1.807) is 0 Å². The molecule has 4 aliphatic carbocycles. The zero-order valence-electron chi connectivity index (χ0n) is 15.9. The fourth-order valence-corrected chi connectivity index (χ4v) is 6.49. The third-order valence-corrected chi connectivity index (χ3v) is 7.74. The zero-order chi connectivity index (χ0) is 21.2. The number of Topliss-reactive ketones (excluding diaryl/α,β-unsaturated/α-hetero) is 1. The molecule has 2 atom stereocenters. The van der Waals surface area contributed by atoms with Gasteiger partial charge >= 0.3 is 0 Å². The predicted molar refractivity (Wildman–Crippen MR) is 102 cm³/mol. The van der Waals surface area contributed by atoms with Crippen molar-refractivity contribution >= 4 is 27.2 Å². The number of ketones is 1. The Morgan fingerprint density at radius 2 is 1.83 bits per heavy atom. The summed E-state index contributed by atoms with van der Waals surface area (Å²) in [6.45, 7) is 0.169. The number of hydrogen-bond donors (Lipinski definition) is 0. The second-order valence-corrected chi connectivity index (χ2v) is 11.6. The van der Waals surface area contributed by atoms with Gasteiger partial charge in [0.2, 0.25) is 0 Å². The Hall–Kier alpha value is -1.28. The van der Waals surface area contributed by atoms with Crippen molar-refractivity contribution in [2.45, 2.75) is 38.0 Å². The molecule has 4 fully saturated rings. The molecule has 0 aliphatic heterocycles. The first-order valence-electron chi connectivity index (χ1n) is 9.59. The molecule has 1 aromatic carbocycles. The van der Waals surface area contributed by atoms with Gasteiger partial charge in [0.25, 0.3) is 5.92 Å². The normalized spacial score (nSPS) is 32.4. The van der Waals surface area contributed by atoms with Crippen LogP contribution in [-0.2, 0) is 9.84 Å². The summed E-state index contributed by atoms with van der Waals surface area (Å²) in [5, 5.41) is -0.0155. The molecule has 4 aliphatic rings. The van der Waals surface area contributed by atoms with Crippen LogP contribution < -0.4 is 4.74 Å². The zero-order valence-corrected chi connectivity index (χ0v) is 17.5. The van der Waals surface area contributed by atoms with E-state index in [0.29, 0.717) is 25.7 Å². The Bertz CT molecular complexity index is 945. The van der Waals surface area contributed by atoms with E-state index in [-0.39, 0.29) is 28.7 Å². The molecule has 160 valence electrons. The van der Waals surface area contributed by atoms with E-state index >= 15 is 0 Å². The minimum absolute atomic E-state index is 0.0155. The first-order chi connectivity index (χ1) is 13.4. The quantitative estimate of drug-likeness (QED) is 0.597. The fraction of sp³-hybridized carbons (Fsp3) is 0.650. The Morgan fingerprint density at radius 1 is 1.21 bits per heavy atom. The third-order valence-electron chi connectivity index (χ3n) is 6.65. The van der Waals surface area contributed by atoms with Crippen molar-refractivity contribution < 1.29 is 31.1 Å². The van der Waals surface area contributed by atoms with Crippen molar-refractivity contribution in [1.29, 1.82) is 0 Å². The van der Waals surface area contributed by atoms with E-state index in [2.05, 4.69) is 0 Å². The fourth-order valence-electron chi connectivity index (χ4n) is 5.64. The number of carbonyl (C=O) groups is 1. The highest BCUT2D eigenvalue weighted by Crippen LogP contribution is 2.65. The molecular formula is C20H22ClF3O4S. The second kappa shape index (κ2) is 6.87. The molecule has 0 aromatic heterocycles. The summed E-state index contributed by atoms with van der Waals surface area (Å²) in [7, 11) is -3.61. The van der Waals surface area contributed by atoms with Crippen molar-refractivity contribution in [1.82, 2.24) is 0 Å². The van der Waals surface area contributed by atoms with Gasteiger partial charge in [-0.15, -0.1) is 0 Å². The number of rotatable bonds is 6. The molecule has 4 saturated carbocycles. The molecule has 1 aromatic rings. The van der Waals surface area contributed by atoms with Crippen LogP contribution in [-0.4, -0.2) is 38.7 Å². The number of benzene rings is 1. The van der Waals surface area contributed by atoms with Gasteiger partial charge < -0.3 is 4.74 Å². The molecule has 0 spiro atoms. The van der Waals surface area contributed by atoms with Crippen molar-refractivity contribution in [3.8, 4) is 5.75 Å². The van der Waals surface area contributed by atoms with Crippen LogP contribution in [0.5, 0.6) is 5.75 Å². The lowest BCUT2D eigenvalue weighted by Gasteiger charge is -2.59. The van der Waals surface area contributed by atoms with Crippen molar-refractivity contribution in [3.05, 3.63) is 28.5 Å². The third kappa shape index (κ3) is 3.90. The van der Waals surface area contributed by atoms with Crippen LogP contribution in [0.2, 0.25) is 5.02 Å². The molecule has 4 bridgehead atoms. The summed E-state index contributed by atoms with van der Waals surface area (Å²) in [6.07, 6.45) is 3.59. The molecule has 0 saturated heterocycles. The van der Waals surface area contributed by atoms with Gasteiger partial charge in [-0.05, 0) is 44.1 Å². The minimum atomic E-state index is -3.61. The average molecular weight is 451 g/mol. The summed E-state index contributed by atoms with van der Waals surface area (Å²) < 4.78 is 71.5. The van der Waals surface area contributed by atoms with Crippen LogP contribution in [0, 0.1) is 29.0 Å². The molecule has 2 unspecified atom stereocenters. The molecule has 0 N–H and O–H groups in total. The first kappa shape index (κ1) is 21.0. The lowest BCUT2D eigenvalue weighted by Crippen LogP contribution is -2.58. The monoisotopic (exact) mass is 450 g/mol. The van der Waals surface area contributed by atoms with Crippen LogP contribution in [0.25, 0.3) is 0 Å². The van der Waals surface area contributed by atoms with Crippen LogP contribution >= 0.6 is 11.6 Å². The summed E-state index contributed by atoms with van der Waals surface area (Å²) in [5.74, 6) is -6.19. The largest absolute Gasteiger partial charge is 0.491 e. The van der Waals surface area contributed by atoms with Crippen LogP contribution in [0.15, 0.2) is 12.1 Å². The highest BCUT2D eigenvalue weighted by molar-refractivity contribution is 7.91. The first-order valence-corrected chi connectivity index (χ1v) is 12.0. The van der Waals surface area contributed by atoms with Crippen LogP contribution in [0.4, 0.5) is 13.2 Å². The van der Waals surface area contributed by atoms with Gasteiger partial charge in [0.1, 0.15) is 17.3 Å². The number of alkyl halides is 2. The number of hydrogen-bond acceptors (Lipinski definition) is 4. The van der Waals surface area contributed by atoms with Crippen LogP contribution in [0.1, 0.15) is 42.5 Å². The number of ether oxygens (including phenoxy) is 1. The number of sulfone groups is 1. The molecule has 9 heteroatoms. The smallest absolute Gasteiger partial charge is 0.253 e. The Morgan fingerprint density at radius 3 is 2.41 bits per heavy atom. The maximum absolute atomic E-state index is 14.4. The molecule has 0 heterocycles. The number of carbonyl (C=O) groups excluding carboxylic acids is 1. The lowest BCUT2D eigenvalue weighted by atomic mass is 9.48. The van der Waals surface area contributed by atoms with Crippen molar-refractivity contribution in [3.63, 3.8) is 0 Å². The highest BCUT2D eigenvalue weighted by Gasteiger charge is 2.63. The maximum Gasteiger partial charge on any atom is 0.253 e. The summed E-state index contributed by atoms with van der Waals surface area (Å²) >= 11 is 6.14. The Balaban J connectivity index is 1.50. The molecule has 0 radical (unpaired) electrons. The summed E-state index contributed by atoms with van der Waals surface area (Å²) in [5.41, 5.74) is -0.773. The Kier molecular flexibility index (Phi) is 4.97. The van der Waals surface area contributed by atoms with E-state index in [0.717, 1.165) is 24.8 Å². The molecule has 5 rings (SSSR count). The SMILES string of the molecule is CS(=O)(=O)CC(=O)c1cc(Cl)c(OCC23CC4CC(C2)C(F)(F)C(C4)C3)cc1F. The van der Waals surface area contributed by atoms with Gasteiger partial charge in [-0.2, -0.15) is 0 Å². The summed E-state index contributed by atoms with van der Waals surface area (Å²) in [6, 6.07) is 2.03. The average Bonchev–Trinajstić information content (AvgIpc) is 2.58. The van der Waals surface area contributed by atoms with E-state index in [9.17, 15) is 26.4 Å². The van der Waals surface area contributed by atoms with Gasteiger partial charge in [0.05, 0.1) is 17.2 Å². The van der Waals surface area contributed by atoms with Crippen LogP contribution in [0.3, 0.4) is 0 Å². The van der Waals surface area contributed by atoms with E-state index in [1.807, 2.05) is 0 Å². The maximum atomic E-state index is 14.4. The summed E-state index contributed by atoms with van der Waals surface area (Å²) in [4.78, 5) is 12.0. The number of halogens is 4. The van der Waals surface area contributed by atoms with Gasteiger partial charge in [-0.3, -0.25) is 4.79 Å². The minimum Gasteiger partial charge on any atom is -0.491 e. The van der Waals surface area contributed by atoms with E-state index < -0.39 is 50.5 Å².